The van der Waals surface area contributed by atoms with Gasteiger partial charge in [-0.3, -0.25) is 0 Å². The van der Waals surface area contributed by atoms with E-state index in [1.165, 1.54) is 11.3 Å². The van der Waals surface area contributed by atoms with Crippen molar-refractivity contribution in [3.8, 4) is 16.3 Å². The van der Waals surface area contributed by atoms with Crippen molar-refractivity contribution < 1.29 is 23.0 Å². The molecular formula is C18H13F2NO3S. The summed E-state index contributed by atoms with van der Waals surface area (Å²) in [5, 5.41) is 2.53. The molecule has 0 fully saturated rings. The molecule has 0 bridgehead atoms. The summed E-state index contributed by atoms with van der Waals surface area (Å²) in [4.78, 5) is 16.3. The van der Waals surface area contributed by atoms with Crippen molar-refractivity contribution in [2.75, 3.05) is 7.11 Å². The molecule has 0 aliphatic rings. The number of hydrogen-bond donors (Lipinski definition) is 0. The summed E-state index contributed by atoms with van der Waals surface area (Å²) >= 11 is 1.41. The number of hydrogen-bond acceptors (Lipinski definition) is 5. The molecule has 0 saturated heterocycles. The molecule has 0 saturated carbocycles. The summed E-state index contributed by atoms with van der Waals surface area (Å²) in [6.45, 7) is -0.0797. The van der Waals surface area contributed by atoms with Gasteiger partial charge in [0.1, 0.15) is 29.0 Å². The van der Waals surface area contributed by atoms with Gasteiger partial charge < -0.3 is 9.47 Å². The minimum atomic E-state index is -0.831. The van der Waals surface area contributed by atoms with Crippen molar-refractivity contribution in [1.29, 1.82) is 0 Å². The maximum atomic E-state index is 13.1. The first-order valence-electron chi connectivity index (χ1n) is 7.27. The van der Waals surface area contributed by atoms with Gasteiger partial charge >= 0.3 is 5.97 Å². The lowest BCUT2D eigenvalue weighted by Crippen LogP contribution is -2.06. The molecule has 0 atom stereocenters. The Morgan fingerprint density at radius 3 is 2.44 bits per heavy atom. The van der Waals surface area contributed by atoms with Gasteiger partial charge in [0.15, 0.2) is 0 Å². The summed E-state index contributed by atoms with van der Waals surface area (Å²) in [5.41, 5.74) is 1.29. The molecule has 0 aliphatic heterocycles. The number of nitrogens with zero attached hydrogens (tertiary/aromatic N) is 1. The normalized spacial score (nSPS) is 10.5. The Morgan fingerprint density at radius 1 is 1.12 bits per heavy atom. The molecule has 1 aromatic heterocycles. The fourth-order valence-electron chi connectivity index (χ4n) is 2.13. The van der Waals surface area contributed by atoms with Crippen LogP contribution in [0.4, 0.5) is 8.78 Å². The van der Waals surface area contributed by atoms with Gasteiger partial charge in [0.25, 0.3) is 0 Å². The number of carbonyl (C=O) groups excluding carboxylic acids is 1. The average Bonchev–Trinajstić information content (AvgIpc) is 3.08. The number of rotatable bonds is 5. The minimum absolute atomic E-state index is 0.0797. The lowest BCUT2D eigenvalue weighted by Gasteiger charge is -2.03. The van der Waals surface area contributed by atoms with Gasteiger partial charge in [-0.1, -0.05) is 0 Å². The minimum Gasteiger partial charge on any atom is -0.497 e. The second kappa shape index (κ2) is 7.40. The fourth-order valence-corrected chi connectivity index (χ4v) is 2.94. The van der Waals surface area contributed by atoms with Crippen LogP contribution in [0.25, 0.3) is 10.6 Å². The third kappa shape index (κ3) is 4.19. The van der Waals surface area contributed by atoms with Gasteiger partial charge in [-0.15, -0.1) is 11.3 Å². The Bertz CT molecular complexity index is 873. The smallest absolute Gasteiger partial charge is 0.338 e. The molecule has 2 aromatic carbocycles. The highest BCUT2D eigenvalue weighted by Crippen LogP contribution is 2.26. The summed E-state index contributed by atoms with van der Waals surface area (Å²) < 4.78 is 36.4. The van der Waals surface area contributed by atoms with Crippen LogP contribution >= 0.6 is 11.3 Å². The first-order valence-corrected chi connectivity index (χ1v) is 8.15. The maximum absolute atomic E-state index is 13.1. The van der Waals surface area contributed by atoms with E-state index in [1.54, 1.807) is 12.5 Å². The summed E-state index contributed by atoms with van der Waals surface area (Å²) in [6.07, 6.45) is 0. The number of halogens is 2. The molecule has 4 nitrogen and oxygen atoms in total. The number of carbonyl (C=O) groups is 1. The monoisotopic (exact) mass is 361 g/mol. The number of benzene rings is 2. The summed E-state index contributed by atoms with van der Waals surface area (Å²) in [6, 6.07) is 9.96. The van der Waals surface area contributed by atoms with Crippen molar-refractivity contribution in [2.24, 2.45) is 0 Å². The topological polar surface area (TPSA) is 48.4 Å². The second-order valence-electron chi connectivity index (χ2n) is 5.11. The fraction of sp³-hybridized carbons (Fsp3) is 0.111. The van der Waals surface area contributed by atoms with E-state index in [2.05, 4.69) is 4.98 Å². The second-order valence-corrected chi connectivity index (χ2v) is 5.96. The SMILES string of the molecule is COc1ccc(-c2nc(COC(=O)c3cc(F)cc(F)c3)cs2)cc1. The van der Waals surface area contributed by atoms with Gasteiger partial charge in [0.05, 0.1) is 18.4 Å². The molecule has 3 aromatic rings. The van der Waals surface area contributed by atoms with Crippen LogP contribution in [0.15, 0.2) is 47.8 Å². The number of methoxy groups -OCH3 is 1. The van der Waals surface area contributed by atoms with Crippen LogP contribution in [0.2, 0.25) is 0 Å². The highest BCUT2D eigenvalue weighted by Gasteiger charge is 2.12. The number of aromatic nitrogens is 1. The van der Waals surface area contributed by atoms with Crippen LogP contribution in [0, 0.1) is 11.6 Å². The predicted octanol–water partition coefficient (Wildman–Crippen LogP) is 4.45. The zero-order chi connectivity index (χ0) is 17.8. The van der Waals surface area contributed by atoms with Crippen LogP contribution in [-0.2, 0) is 11.3 Å². The Balaban J connectivity index is 1.65. The van der Waals surface area contributed by atoms with E-state index in [0.717, 1.165) is 28.5 Å². The van der Waals surface area contributed by atoms with Crippen molar-refractivity contribution in [3.63, 3.8) is 0 Å². The molecular weight excluding hydrogens is 348 g/mol. The van der Waals surface area contributed by atoms with Crippen molar-refractivity contribution in [1.82, 2.24) is 4.98 Å². The highest BCUT2D eigenvalue weighted by molar-refractivity contribution is 7.13. The molecule has 1 heterocycles. The first-order chi connectivity index (χ1) is 12.0. The van der Waals surface area contributed by atoms with E-state index >= 15 is 0 Å². The van der Waals surface area contributed by atoms with Crippen molar-refractivity contribution in [2.45, 2.75) is 6.61 Å². The highest BCUT2D eigenvalue weighted by atomic mass is 32.1. The van der Waals surface area contributed by atoms with Crippen molar-refractivity contribution in [3.05, 3.63) is 70.7 Å². The van der Waals surface area contributed by atoms with E-state index in [1.807, 2.05) is 24.3 Å². The third-order valence-corrected chi connectivity index (χ3v) is 4.28. The number of ether oxygens (including phenoxy) is 2. The molecule has 0 N–H and O–H groups in total. The molecule has 0 unspecified atom stereocenters. The van der Waals surface area contributed by atoms with E-state index in [9.17, 15) is 13.6 Å². The quantitative estimate of drug-likeness (QED) is 0.630. The van der Waals surface area contributed by atoms with Gasteiger partial charge in [-0.2, -0.15) is 0 Å². The number of esters is 1. The van der Waals surface area contributed by atoms with E-state index in [4.69, 9.17) is 9.47 Å². The van der Waals surface area contributed by atoms with Crippen LogP contribution < -0.4 is 4.74 Å². The summed E-state index contributed by atoms with van der Waals surface area (Å²) in [7, 11) is 1.59. The molecule has 0 amide bonds. The molecule has 3 rings (SSSR count). The Labute approximate surface area is 146 Å². The molecule has 128 valence electrons. The lowest BCUT2D eigenvalue weighted by atomic mass is 10.2. The zero-order valence-corrected chi connectivity index (χ0v) is 14.0. The standard InChI is InChI=1S/C18H13F2NO3S/c1-23-16-4-2-11(3-5-16)17-21-15(10-25-17)9-24-18(22)12-6-13(19)8-14(20)7-12/h2-8,10H,9H2,1H3. The molecule has 0 aliphatic carbocycles. The van der Waals surface area contributed by atoms with Crippen LogP contribution in [-0.4, -0.2) is 18.1 Å². The zero-order valence-electron chi connectivity index (χ0n) is 13.2. The van der Waals surface area contributed by atoms with Gasteiger partial charge in [0, 0.05) is 17.0 Å². The predicted molar refractivity (Wildman–Crippen MR) is 89.6 cm³/mol. The lowest BCUT2D eigenvalue weighted by molar-refractivity contribution is 0.0467. The van der Waals surface area contributed by atoms with E-state index in [0.29, 0.717) is 11.8 Å². The molecule has 7 heteroatoms. The number of thiazole rings is 1. The van der Waals surface area contributed by atoms with Gasteiger partial charge in [-0.05, 0) is 36.4 Å². The first kappa shape index (κ1) is 17.0. The largest absolute Gasteiger partial charge is 0.497 e. The van der Waals surface area contributed by atoms with Gasteiger partial charge in [0.2, 0.25) is 0 Å². The van der Waals surface area contributed by atoms with E-state index in [-0.39, 0.29) is 12.2 Å². The average molecular weight is 361 g/mol. The Hall–Kier alpha value is -2.80. The maximum Gasteiger partial charge on any atom is 0.338 e. The van der Waals surface area contributed by atoms with E-state index < -0.39 is 17.6 Å². The Morgan fingerprint density at radius 2 is 1.80 bits per heavy atom. The van der Waals surface area contributed by atoms with Crippen molar-refractivity contribution >= 4 is 17.3 Å². The molecule has 25 heavy (non-hydrogen) atoms. The Kier molecular flexibility index (Phi) is 5.04. The van der Waals surface area contributed by atoms with Crippen LogP contribution in [0.3, 0.4) is 0 Å². The van der Waals surface area contributed by atoms with Gasteiger partial charge in [-0.25, -0.2) is 18.6 Å². The molecule has 0 spiro atoms. The molecule has 0 radical (unpaired) electrons. The summed E-state index contributed by atoms with van der Waals surface area (Å²) in [5.74, 6) is -1.72. The van der Waals surface area contributed by atoms with Crippen LogP contribution in [0.1, 0.15) is 16.1 Å². The third-order valence-electron chi connectivity index (χ3n) is 3.34. The van der Waals surface area contributed by atoms with Crippen LogP contribution in [0.5, 0.6) is 5.75 Å².